The summed E-state index contributed by atoms with van der Waals surface area (Å²) in [7, 11) is 0. The Morgan fingerprint density at radius 1 is 1.15 bits per heavy atom. The Labute approximate surface area is 118 Å². The molecule has 0 fully saturated rings. The molecule has 0 aliphatic rings. The summed E-state index contributed by atoms with van der Waals surface area (Å²) < 4.78 is 1.26. The first-order valence-corrected chi connectivity index (χ1v) is 7.00. The van der Waals surface area contributed by atoms with Gasteiger partial charge in [-0.2, -0.15) is 0 Å². The van der Waals surface area contributed by atoms with Gasteiger partial charge in [0.05, 0.1) is 6.54 Å². The van der Waals surface area contributed by atoms with E-state index in [1.807, 2.05) is 30.3 Å². The van der Waals surface area contributed by atoms with Gasteiger partial charge < -0.3 is 4.98 Å². The molecule has 0 unspecified atom stereocenters. The van der Waals surface area contributed by atoms with Crippen LogP contribution in [-0.4, -0.2) is 9.55 Å². The normalized spacial score (nSPS) is 10.7. The number of aromatic nitrogens is 2. The van der Waals surface area contributed by atoms with E-state index in [1.165, 1.54) is 4.57 Å². The van der Waals surface area contributed by atoms with Crippen LogP contribution in [0.25, 0.3) is 0 Å². The van der Waals surface area contributed by atoms with Gasteiger partial charge in [-0.3, -0.25) is 9.36 Å². The molecule has 0 spiro atoms. The van der Waals surface area contributed by atoms with E-state index >= 15 is 0 Å². The Morgan fingerprint density at radius 2 is 1.85 bits per heavy atom. The molecule has 106 valence electrons. The van der Waals surface area contributed by atoms with E-state index in [1.54, 1.807) is 6.92 Å². The molecule has 4 heteroatoms. The molecule has 1 N–H and O–H groups in total. The minimum absolute atomic E-state index is 0.191. The lowest BCUT2D eigenvalue weighted by molar-refractivity contribution is 0.665. The van der Waals surface area contributed by atoms with Crippen molar-refractivity contribution in [1.82, 2.24) is 9.55 Å². The summed E-state index contributed by atoms with van der Waals surface area (Å²) in [6.45, 7) is 4.18. The highest BCUT2D eigenvalue weighted by Crippen LogP contribution is 2.04. The van der Waals surface area contributed by atoms with Crippen molar-refractivity contribution < 1.29 is 0 Å². The summed E-state index contributed by atoms with van der Waals surface area (Å²) in [5.41, 5.74) is 1.85. The van der Waals surface area contributed by atoms with Crippen LogP contribution in [0.4, 0.5) is 0 Å². The Bertz CT molecular complexity index is 684. The maximum atomic E-state index is 12.3. The van der Waals surface area contributed by atoms with Gasteiger partial charge in [0.2, 0.25) is 0 Å². The van der Waals surface area contributed by atoms with Crippen molar-refractivity contribution in [2.75, 3.05) is 0 Å². The molecule has 4 nitrogen and oxygen atoms in total. The molecule has 20 heavy (non-hydrogen) atoms. The third-order valence-corrected chi connectivity index (χ3v) is 3.49. The number of unbranched alkanes of at least 4 members (excludes halogenated alkanes) is 1. The van der Waals surface area contributed by atoms with Gasteiger partial charge in [-0.05, 0) is 25.3 Å². The first-order chi connectivity index (χ1) is 9.63. The maximum absolute atomic E-state index is 12.3. The molecule has 1 heterocycles. The molecule has 0 aliphatic heterocycles. The van der Waals surface area contributed by atoms with Gasteiger partial charge >= 0.3 is 5.69 Å². The van der Waals surface area contributed by atoms with Crippen LogP contribution in [0.15, 0.2) is 39.9 Å². The van der Waals surface area contributed by atoms with Gasteiger partial charge in [0.1, 0.15) is 0 Å². The Kier molecular flexibility index (Phi) is 4.56. The fourth-order valence-electron chi connectivity index (χ4n) is 2.23. The molecule has 2 aromatic rings. The molecule has 1 aromatic carbocycles. The van der Waals surface area contributed by atoms with Crippen molar-refractivity contribution in [1.29, 1.82) is 0 Å². The summed E-state index contributed by atoms with van der Waals surface area (Å²) in [4.78, 5) is 27.3. The number of nitrogens with one attached hydrogen (secondary N) is 1. The molecule has 0 radical (unpaired) electrons. The lowest BCUT2D eigenvalue weighted by Crippen LogP contribution is -2.38. The standard InChI is InChI=1S/C16H20N2O2/c1-3-4-10-14-12(2)15(19)18(16(20)17-14)11-13-8-6-5-7-9-13/h5-9H,3-4,10-11H2,1-2H3,(H,17,20). The van der Waals surface area contributed by atoms with Crippen LogP contribution < -0.4 is 11.2 Å². The smallest absolute Gasteiger partial charge is 0.311 e. The number of benzene rings is 1. The van der Waals surface area contributed by atoms with Crippen molar-refractivity contribution >= 4 is 0 Å². The molecule has 0 saturated carbocycles. The van der Waals surface area contributed by atoms with E-state index < -0.39 is 0 Å². The SMILES string of the molecule is CCCCc1[nH]c(=O)n(Cc2ccccc2)c(=O)c1C. The molecular formula is C16H20N2O2. The van der Waals surface area contributed by atoms with Gasteiger partial charge in [0.15, 0.2) is 0 Å². The number of nitrogens with zero attached hydrogens (tertiary/aromatic N) is 1. The van der Waals surface area contributed by atoms with E-state index in [0.29, 0.717) is 12.1 Å². The van der Waals surface area contributed by atoms with Crippen LogP contribution in [0.2, 0.25) is 0 Å². The highest BCUT2D eigenvalue weighted by molar-refractivity contribution is 5.18. The fourth-order valence-corrected chi connectivity index (χ4v) is 2.23. The van der Waals surface area contributed by atoms with Crippen LogP contribution in [0.3, 0.4) is 0 Å². The molecule has 0 aliphatic carbocycles. The average molecular weight is 272 g/mol. The molecule has 0 amide bonds. The van der Waals surface area contributed by atoms with Crippen molar-refractivity contribution in [2.24, 2.45) is 0 Å². The fraction of sp³-hybridized carbons (Fsp3) is 0.375. The van der Waals surface area contributed by atoms with E-state index in [2.05, 4.69) is 11.9 Å². The predicted octanol–water partition coefficient (Wildman–Crippen LogP) is 2.24. The molecule has 0 saturated heterocycles. The molecule has 1 aromatic heterocycles. The highest BCUT2D eigenvalue weighted by atomic mass is 16.2. The van der Waals surface area contributed by atoms with Gasteiger partial charge in [-0.1, -0.05) is 43.7 Å². The number of hydrogen-bond donors (Lipinski definition) is 1. The zero-order chi connectivity index (χ0) is 14.5. The van der Waals surface area contributed by atoms with Crippen LogP contribution in [-0.2, 0) is 13.0 Å². The van der Waals surface area contributed by atoms with Crippen LogP contribution in [0.5, 0.6) is 0 Å². The van der Waals surface area contributed by atoms with E-state index in [-0.39, 0.29) is 11.2 Å². The second-order valence-corrected chi connectivity index (χ2v) is 5.01. The second-order valence-electron chi connectivity index (χ2n) is 5.01. The number of hydrogen-bond acceptors (Lipinski definition) is 2. The Hall–Kier alpha value is -2.10. The topological polar surface area (TPSA) is 54.9 Å². The summed E-state index contributed by atoms with van der Waals surface area (Å²) in [6.07, 6.45) is 2.76. The molecule has 0 bridgehead atoms. The summed E-state index contributed by atoms with van der Waals surface area (Å²) >= 11 is 0. The zero-order valence-corrected chi connectivity index (χ0v) is 12.0. The lowest BCUT2D eigenvalue weighted by Gasteiger charge is -2.09. The molecule has 0 atom stereocenters. The number of aromatic amines is 1. The van der Waals surface area contributed by atoms with Gasteiger partial charge in [-0.25, -0.2) is 4.79 Å². The van der Waals surface area contributed by atoms with Crippen molar-refractivity contribution in [3.63, 3.8) is 0 Å². The third kappa shape index (κ3) is 3.07. The minimum Gasteiger partial charge on any atom is -0.311 e. The first-order valence-electron chi connectivity index (χ1n) is 7.00. The van der Waals surface area contributed by atoms with E-state index in [0.717, 1.165) is 30.5 Å². The van der Waals surface area contributed by atoms with Crippen LogP contribution in [0, 0.1) is 6.92 Å². The molecular weight excluding hydrogens is 252 g/mol. The van der Waals surface area contributed by atoms with Gasteiger partial charge in [0.25, 0.3) is 5.56 Å². The number of rotatable bonds is 5. The number of aryl methyl sites for hydroxylation is 1. The monoisotopic (exact) mass is 272 g/mol. The lowest BCUT2D eigenvalue weighted by atomic mass is 10.1. The second kappa shape index (κ2) is 6.37. The summed E-state index contributed by atoms with van der Waals surface area (Å²) in [6, 6.07) is 9.53. The van der Waals surface area contributed by atoms with Crippen molar-refractivity contribution in [2.45, 2.75) is 39.7 Å². The van der Waals surface area contributed by atoms with E-state index in [4.69, 9.17) is 0 Å². The largest absolute Gasteiger partial charge is 0.328 e. The zero-order valence-electron chi connectivity index (χ0n) is 12.0. The van der Waals surface area contributed by atoms with Crippen molar-refractivity contribution in [3.8, 4) is 0 Å². The quantitative estimate of drug-likeness (QED) is 0.907. The predicted molar refractivity (Wildman–Crippen MR) is 80.2 cm³/mol. The third-order valence-electron chi connectivity index (χ3n) is 3.49. The van der Waals surface area contributed by atoms with Crippen LogP contribution in [0.1, 0.15) is 36.6 Å². The number of H-pyrrole nitrogens is 1. The average Bonchev–Trinajstić information content (AvgIpc) is 2.47. The van der Waals surface area contributed by atoms with Crippen molar-refractivity contribution in [3.05, 3.63) is 68.0 Å². The highest BCUT2D eigenvalue weighted by Gasteiger charge is 2.10. The van der Waals surface area contributed by atoms with E-state index in [9.17, 15) is 9.59 Å². The van der Waals surface area contributed by atoms with Gasteiger partial charge in [0, 0.05) is 11.3 Å². The molecule has 2 rings (SSSR count). The summed E-state index contributed by atoms with van der Waals surface area (Å²) in [5.74, 6) is 0. The summed E-state index contributed by atoms with van der Waals surface area (Å²) in [5, 5.41) is 0. The minimum atomic E-state index is -0.324. The maximum Gasteiger partial charge on any atom is 0.328 e. The van der Waals surface area contributed by atoms with Gasteiger partial charge in [-0.15, -0.1) is 0 Å². The Balaban J connectivity index is 2.38. The van der Waals surface area contributed by atoms with Crippen LogP contribution >= 0.6 is 0 Å². The first kappa shape index (κ1) is 14.3. The Morgan fingerprint density at radius 3 is 2.50 bits per heavy atom.